The SMILES string of the molecule is CC\C=C/C=C/C=C/C=C\C=C\C=C\CCCC(CC(=O)NC(CO)C(O)CCCCCCCCCCCCC)OC(=O)CCCCCCC/C=C/C=C/C=C/C=C/C=C/CCC. The maximum atomic E-state index is 13.2. The number of hydrogen-bond donors (Lipinski definition) is 3. The molecular formula is C57H91NO5. The molecule has 3 unspecified atom stereocenters. The van der Waals surface area contributed by atoms with Gasteiger partial charge in [0.25, 0.3) is 0 Å². The zero-order valence-corrected chi connectivity index (χ0v) is 40.1. The van der Waals surface area contributed by atoms with Crippen molar-refractivity contribution < 1.29 is 24.5 Å². The second kappa shape index (κ2) is 49.0. The second-order valence-corrected chi connectivity index (χ2v) is 16.4. The van der Waals surface area contributed by atoms with Gasteiger partial charge in [-0.15, -0.1) is 0 Å². The molecule has 0 aromatic heterocycles. The molecule has 6 heteroatoms. The molecule has 0 fully saturated rings. The summed E-state index contributed by atoms with van der Waals surface area (Å²) in [5.74, 6) is -0.594. The fraction of sp³-hybridized carbons (Fsp3) is 0.579. The van der Waals surface area contributed by atoms with Crippen LogP contribution in [0.4, 0.5) is 0 Å². The van der Waals surface area contributed by atoms with Gasteiger partial charge in [0.15, 0.2) is 0 Å². The molecule has 0 aliphatic carbocycles. The van der Waals surface area contributed by atoms with Gasteiger partial charge in [-0.25, -0.2) is 0 Å². The van der Waals surface area contributed by atoms with Gasteiger partial charge < -0.3 is 20.3 Å². The summed E-state index contributed by atoms with van der Waals surface area (Å²) >= 11 is 0. The second-order valence-electron chi connectivity index (χ2n) is 16.4. The minimum Gasteiger partial charge on any atom is -0.462 e. The van der Waals surface area contributed by atoms with E-state index in [9.17, 15) is 19.8 Å². The number of nitrogens with one attached hydrogen (secondary N) is 1. The van der Waals surface area contributed by atoms with Crippen LogP contribution in [0.2, 0.25) is 0 Å². The lowest BCUT2D eigenvalue weighted by molar-refractivity contribution is -0.151. The molecule has 0 heterocycles. The topological polar surface area (TPSA) is 95.9 Å². The molecule has 1 amide bonds. The van der Waals surface area contributed by atoms with E-state index in [0.29, 0.717) is 19.3 Å². The molecule has 0 aromatic carbocycles. The first-order valence-electron chi connectivity index (χ1n) is 25.1. The number of allylic oxidation sites excluding steroid dienone is 22. The molecule has 6 nitrogen and oxygen atoms in total. The molecule has 0 aliphatic heterocycles. The quantitative estimate of drug-likeness (QED) is 0.0323. The Balaban J connectivity index is 4.82. The first-order chi connectivity index (χ1) is 31.0. The van der Waals surface area contributed by atoms with Gasteiger partial charge in [0, 0.05) is 6.42 Å². The van der Waals surface area contributed by atoms with E-state index in [-0.39, 0.29) is 24.9 Å². The Kier molecular flexibility index (Phi) is 45.9. The Bertz CT molecular complexity index is 1390. The van der Waals surface area contributed by atoms with E-state index < -0.39 is 18.2 Å². The van der Waals surface area contributed by atoms with Crippen LogP contribution in [0.15, 0.2) is 134 Å². The molecule has 3 atom stereocenters. The number of carbonyl (C=O) groups excluding carboxylic acids is 2. The van der Waals surface area contributed by atoms with Crippen molar-refractivity contribution in [3.63, 3.8) is 0 Å². The number of rotatable bonds is 42. The highest BCUT2D eigenvalue weighted by Gasteiger charge is 2.24. The fourth-order valence-electron chi connectivity index (χ4n) is 6.73. The minimum absolute atomic E-state index is 0.00613. The molecule has 354 valence electrons. The van der Waals surface area contributed by atoms with Crippen molar-refractivity contribution in [3.05, 3.63) is 134 Å². The average Bonchev–Trinajstić information content (AvgIpc) is 3.28. The number of unbranched alkanes of at least 4 members (excludes halogenated alkanes) is 17. The Morgan fingerprint density at radius 3 is 1.40 bits per heavy atom. The lowest BCUT2D eigenvalue weighted by Gasteiger charge is -2.24. The lowest BCUT2D eigenvalue weighted by atomic mass is 10.0. The van der Waals surface area contributed by atoms with Gasteiger partial charge in [-0.3, -0.25) is 9.59 Å². The summed E-state index contributed by atoms with van der Waals surface area (Å²) in [5.41, 5.74) is 0. The van der Waals surface area contributed by atoms with Crippen molar-refractivity contribution in [3.8, 4) is 0 Å². The summed E-state index contributed by atoms with van der Waals surface area (Å²) < 4.78 is 5.88. The fourth-order valence-corrected chi connectivity index (χ4v) is 6.73. The monoisotopic (exact) mass is 870 g/mol. The molecule has 0 radical (unpaired) electrons. The highest BCUT2D eigenvalue weighted by Crippen LogP contribution is 2.16. The minimum atomic E-state index is -0.821. The first-order valence-corrected chi connectivity index (χ1v) is 25.1. The summed E-state index contributed by atoms with van der Waals surface area (Å²) in [6.07, 6.45) is 69.3. The summed E-state index contributed by atoms with van der Waals surface area (Å²) in [6.45, 7) is 6.19. The van der Waals surface area contributed by atoms with Crippen molar-refractivity contribution in [2.75, 3.05) is 6.61 Å². The van der Waals surface area contributed by atoms with Crippen LogP contribution in [0.25, 0.3) is 0 Å². The molecule has 63 heavy (non-hydrogen) atoms. The Morgan fingerprint density at radius 2 is 0.905 bits per heavy atom. The maximum Gasteiger partial charge on any atom is 0.306 e. The Hall–Kier alpha value is -4.00. The van der Waals surface area contributed by atoms with E-state index in [2.05, 4.69) is 68.6 Å². The van der Waals surface area contributed by atoms with Gasteiger partial charge in [0.2, 0.25) is 5.91 Å². The number of esters is 1. The van der Waals surface area contributed by atoms with E-state index in [4.69, 9.17) is 4.74 Å². The number of aliphatic hydroxyl groups excluding tert-OH is 2. The third-order valence-corrected chi connectivity index (χ3v) is 10.5. The maximum absolute atomic E-state index is 13.2. The van der Waals surface area contributed by atoms with Crippen molar-refractivity contribution in [1.29, 1.82) is 0 Å². The molecule has 0 saturated carbocycles. The lowest BCUT2D eigenvalue weighted by Crippen LogP contribution is -2.46. The van der Waals surface area contributed by atoms with Crippen LogP contribution in [0.1, 0.15) is 188 Å². The van der Waals surface area contributed by atoms with Crippen molar-refractivity contribution >= 4 is 11.9 Å². The van der Waals surface area contributed by atoms with Crippen molar-refractivity contribution in [1.82, 2.24) is 5.32 Å². The molecular weight excluding hydrogens is 779 g/mol. The van der Waals surface area contributed by atoms with Gasteiger partial charge in [0.05, 0.1) is 25.2 Å². The van der Waals surface area contributed by atoms with E-state index in [1.165, 1.54) is 57.8 Å². The first kappa shape index (κ1) is 59.0. The highest BCUT2D eigenvalue weighted by molar-refractivity contribution is 5.77. The summed E-state index contributed by atoms with van der Waals surface area (Å²) in [7, 11) is 0. The van der Waals surface area contributed by atoms with Crippen molar-refractivity contribution in [2.45, 2.75) is 206 Å². The number of aliphatic hydroxyl groups is 2. The summed E-state index contributed by atoms with van der Waals surface area (Å²) in [6, 6.07) is -0.741. The average molecular weight is 870 g/mol. The van der Waals surface area contributed by atoms with E-state index >= 15 is 0 Å². The standard InChI is InChI=1S/C57H91NO5/c1-4-7-10-13-16-19-22-24-26-27-28-30-32-35-38-41-44-47-50-57(62)63-53(48-45-42-39-36-34-31-29-25-23-20-17-14-11-8-5-2)51-56(61)58-54(52-59)55(60)49-46-43-40-37-33-21-18-15-12-9-6-3/h8,10-11,13-14,16-17,19-20,22-31,34,36,39,53-55,59-60H,4-7,9,12,15,18,21,32-33,35,37-38,40-52H2,1-3H3,(H,58,61)/b11-8-,13-10+,17-14+,19-16+,23-20+,24-22+,27-26+,29-25-,30-28+,34-31+,39-36+. The van der Waals surface area contributed by atoms with Gasteiger partial charge in [0.1, 0.15) is 6.10 Å². The molecule has 0 aliphatic rings. The van der Waals surface area contributed by atoms with Crippen LogP contribution >= 0.6 is 0 Å². The van der Waals surface area contributed by atoms with E-state index in [0.717, 1.165) is 83.5 Å². The van der Waals surface area contributed by atoms with E-state index in [1.807, 2.05) is 91.1 Å². The van der Waals surface area contributed by atoms with E-state index in [1.54, 1.807) is 0 Å². The zero-order valence-electron chi connectivity index (χ0n) is 40.1. The third kappa shape index (κ3) is 44.4. The largest absolute Gasteiger partial charge is 0.462 e. The van der Waals surface area contributed by atoms with Gasteiger partial charge in [-0.05, 0) is 57.8 Å². The Labute approximate surface area is 386 Å². The van der Waals surface area contributed by atoms with Crippen LogP contribution in [0.5, 0.6) is 0 Å². The number of ether oxygens (including phenoxy) is 1. The van der Waals surface area contributed by atoms with Crippen LogP contribution in [-0.2, 0) is 14.3 Å². The highest BCUT2D eigenvalue weighted by atomic mass is 16.5. The predicted molar refractivity (Wildman–Crippen MR) is 273 cm³/mol. The number of hydrogen-bond acceptors (Lipinski definition) is 5. The molecule has 3 N–H and O–H groups in total. The van der Waals surface area contributed by atoms with Crippen LogP contribution in [0.3, 0.4) is 0 Å². The molecule has 0 rings (SSSR count). The van der Waals surface area contributed by atoms with Gasteiger partial charge in [-0.2, -0.15) is 0 Å². The van der Waals surface area contributed by atoms with Gasteiger partial charge >= 0.3 is 5.97 Å². The van der Waals surface area contributed by atoms with Crippen LogP contribution in [0, 0.1) is 0 Å². The Morgan fingerprint density at radius 1 is 0.476 bits per heavy atom. The molecule has 0 aromatic rings. The third-order valence-electron chi connectivity index (χ3n) is 10.5. The predicted octanol–water partition coefficient (Wildman–Crippen LogP) is 15.1. The number of amides is 1. The molecule has 0 bridgehead atoms. The van der Waals surface area contributed by atoms with Crippen molar-refractivity contribution in [2.24, 2.45) is 0 Å². The number of carbonyl (C=O) groups is 2. The summed E-state index contributed by atoms with van der Waals surface area (Å²) in [5, 5.41) is 23.7. The molecule has 0 spiro atoms. The van der Waals surface area contributed by atoms with Crippen LogP contribution in [-0.4, -0.2) is 46.9 Å². The smallest absolute Gasteiger partial charge is 0.306 e. The zero-order chi connectivity index (χ0) is 45.9. The normalized spacial score (nSPS) is 14.4. The van der Waals surface area contributed by atoms with Gasteiger partial charge in [-0.1, -0.05) is 251 Å². The van der Waals surface area contributed by atoms with Crippen LogP contribution < -0.4 is 5.32 Å². The molecule has 0 saturated heterocycles. The summed E-state index contributed by atoms with van der Waals surface area (Å²) in [4.78, 5) is 26.1.